The van der Waals surface area contributed by atoms with E-state index in [1.54, 1.807) is 26.4 Å². The van der Waals surface area contributed by atoms with Crippen molar-refractivity contribution in [1.29, 1.82) is 0 Å². The van der Waals surface area contributed by atoms with E-state index >= 15 is 0 Å². The Hall–Kier alpha value is -2.40. The number of hydrogen-bond acceptors (Lipinski definition) is 6. The summed E-state index contributed by atoms with van der Waals surface area (Å²) in [5, 5.41) is 0.477. The maximum Gasteiger partial charge on any atom is 0.251 e. The van der Waals surface area contributed by atoms with Gasteiger partial charge >= 0.3 is 0 Å². The second-order valence-electron chi connectivity index (χ2n) is 7.86. The Morgan fingerprint density at radius 3 is 2.29 bits per heavy atom. The van der Waals surface area contributed by atoms with Gasteiger partial charge in [0.05, 0.1) is 19.1 Å². The summed E-state index contributed by atoms with van der Waals surface area (Å²) in [4.78, 5) is 18.3. The molecule has 182 valence electrons. The average Bonchev–Trinajstić information content (AvgIpc) is 3.21. The minimum absolute atomic E-state index is 0.198. The number of aromatic nitrogens is 1. The molecule has 3 aromatic rings. The largest absolute Gasteiger partial charge is 0.495 e. The number of ether oxygens (including phenoxy) is 2. The molecule has 34 heavy (non-hydrogen) atoms. The summed E-state index contributed by atoms with van der Waals surface area (Å²) >= 11 is 7.26. The molecule has 1 aromatic heterocycles. The lowest BCUT2D eigenvalue weighted by atomic mass is 9.98. The number of fused-ring (bicyclic) bond motifs is 1. The number of nitrogens with zero attached hydrogens (tertiary/aromatic N) is 3. The summed E-state index contributed by atoms with van der Waals surface area (Å²) in [6, 6.07) is 9.78. The zero-order chi connectivity index (χ0) is 24.5. The van der Waals surface area contributed by atoms with Crippen LogP contribution in [-0.4, -0.2) is 50.5 Å². The molecule has 4 rings (SSSR count). The van der Waals surface area contributed by atoms with Crippen molar-refractivity contribution in [3.63, 3.8) is 0 Å². The van der Waals surface area contributed by atoms with Gasteiger partial charge in [0.25, 0.3) is 5.91 Å². The third kappa shape index (κ3) is 4.59. The van der Waals surface area contributed by atoms with Gasteiger partial charge in [-0.1, -0.05) is 22.9 Å². The van der Waals surface area contributed by atoms with Crippen LogP contribution in [0.15, 0.2) is 46.3 Å². The molecule has 0 unspecified atom stereocenters. The van der Waals surface area contributed by atoms with E-state index in [-0.39, 0.29) is 29.8 Å². The molecular weight excluding hydrogens is 498 g/mol. The van der Waals surface area contributed by atoms with Gasteiger partial charge in [-0.05, 0) is 56.2 Å². The maximum atomic E-state index is 13.1. The molecule has 0 saturated carbocycles. The first-order chi connectivity index (χ1) is 16.3. The number of thiazole rings is 1. The highest BCUT2D eigenvalue weighted by molar-refractivity contribution is 7.89. The van der Waals surface area contributed by atoms with E-state index in [0.29, 0.717) is 40.7 Å². The molecule has 0 atom stereocenters. The Morgan fingerprint density at radius 2 is 1.71 bits per heavy atom. The van der Waals surface area contributed by atoms with Crippen molar-refractivity contribution in [2.45, 2.75) is 31.2 Å². The summed E-state index contributed by atoms with van der Waals surface area (Å²) < 4.78 is 41.1. The van der Waals surface area contributed by atoms with Crippen LogP contribution in [0.25, 0.3) is 10.2 Å². The van der Waals surface area contributed by atoms with Gasteiger partial charge in [0.1, 0.15) is 21.7 Å². The van der Waals surface area contributed by atoms with E-state index in [2.05, 4.69) is 4.99 Å². The predicted molar refractivity (Wildman–Crippen MR) is 132 cm³/mol. The van der Waals surface area contributed by atoms with Crippen LogP contribution in [0.4, 0.5) is 0 Å². The lowest BCUT2D eigenvalue weighted by Crippen LogP contribution is -2.40. The van der Waals surface area contributed by atoms with Crippen LogP contribution in [0.2, 0.25) is 5.02 Å². The van der Waals surface area contributed by atoms with Gasteiger partial charge < -0.3 is 14.0 Å². The van der Waals surface area contributed by atoms with Crippen LogP contribution in [0.3, 0.4) is 0 Å². The second-order valence-corrected chi connectivity index (χ2v) is 11.2. The summed E-state index contributed by atoms with van der Waals surface area (Å²) in [6.45, 7) is 3.11. The van der Waals surface area contributed by atoms with Crippen molar-refractivity contribution in [3.05, 3.63) is 46.2 Å². The SMILES string of the molecule is CCn1c(=NC(=O)C2CCN(S(=O)(=O)c3ccc(Cl)cc3)CC2)sc2c(OC)ccc(OC)c21. The number of amides is 1. The minimum Gasteiger partial charge on any atom is -0.495 e. The third-order valence-electron chi connectivity index (χ3n) is 5.97. The first-order valence-corrected chi connectivity index (χ1v) is 13.5. The molecule has 2 heterocycles. The van der Waals surface area contributed by atoms with E-state index in [1.165, 1.54) is 27.8 Å². The van der Waals surface area contributed by atoms with Crippen LogP contribution in [0.1, 0.15) is 19.8 Å². The number of aryl methyl sites for hydroxylation is 1. The van der Waals surface area contributed by atoms with Crippen molar-refractivity contribution in [3.8, 4) is 11.5 Å². The van der Waals surface area contributed by atoms with Crippen molar-refractivity contribution in [2.75, 3.05) is 27.3 Å². The lowest BCUT2D eigenvalue weighted by molar-refractivity contribution is -0.122. The number of carbonyl (C=O) groups excluding carboxylic acids is 1. The number of methoxy groups -OCH3 is 2. The number of piperidine rings is 1. The molecule has 11 heteroatoms. The summed E-state index contributed by atoms with van der Waals surface area (Å²) in [7, 11) is -0.421. The molecule has 0 spiro atoms. The van der Waals surface area contributed by atoms with Crippen molar-refractivity contribution in [1.82, 2.24) is 8.87 Å². The normalized spacial score (nSPS) is 16.2. The first kappa shape index (κ1) is 24.7. The van der Waals surface area contributed by atoms with Gasteiger partial charge in [-0.2, -0.15) is 9.30 Å². The van der Waals surface area contributed by atoms with Gasteiger partial charge in [0.2, 0.25) is 10.0 Å². The van der Waals surface area contributed by atoms with E-state index in [1.807, 2.05) is 23.6 Å². The van der Waals surface area contributed by atoms with Crippen LogP contribution >= 0.6 is 22.9 Å². The van der Waals surface area contributed by atoms with Crippen molar-refractivity contribution >= 4 is 49.1 Å². The smallest absolute Gasteiger partial charge is 0.251 e. The van der Waals surface area contributed by atoms with Gasteiger partial charge in [0.15, 0.2) is 4.80 Å². The predicted octanol–water partition coefficient (Wildman–Crippen LogP) is 3.92. The standard InChI is InChI=1S/C23H26ClN3O5S2/c1-4-27-20-18(31-2)9-10-19(32-3)21(20)33-23(27)25-22(28)15-11-13-26(14-12-15)34(29,30)17-7-5-16(24)6-8-17/h5-10,15H,4,11-14H2,1-3H3. The number of halogens is 1. The van der Waals surface area contributed by atoms with E-state index in [0.717, 1.165) is 10.2 Å². The van der Waals surface area contributed by atoms with Crippen LogP contribution in [0, 0.1) is 5.92 Å². The highest BCUT2D eigenvalue weighted by Crippen LogP contribution is 2.35. The Balaban J connectivity index is 1.57. The monoisotopic (exact) mass is 523 g/mol. The molecule has 1 saturated heterocycles. The average molecular weight is 524 g/mol. The third-order valence-corrected chi connectivity index (χ3v) is 9.23. The van der Waals surface area contributed by atoms with Gasteiger partial charge in [-0.15, -0.1) is 0 Å². The van der Waals surface area contributed by atoms with Crippen LogP contribution < -0.4 is 14.3 Å². The number of carbonyl (C=O) groups is 1. The van der Waals surface area contributed by atoms with Gasteiger partial charge in [-0.3, -0.25) is 4.79 Å². The zero-order valence-electron chi connectivity index (χ0n) is 19.2. The zero-order valence-corrected chi connectivity index (χ0v) is 21.5. The molecule has 1 amide bonds. The maximum absolute atomic E-state index is 13.1. The van der Waals surface area contributed by atoms with Crippen molar-refractivity contribution in [2.24, 2.45) is 10.9 Å². The van der Waals surface area contributed by atoms with E-state index < -0.39 is 10.0 Å². The fourth-order valence-corrected chi connectivity index (χ4v) is 6.92. The molecule has 0 radical (unpaired) electrons. The summed E-state index contributed by atoms with van der Waals surface area (Å²) in [5.41, 5.74) is 0.838. The molecule has 0 N–H and O–H groups in total. The van der Waals surface area contributed by atoms with E-state index in [4.69, 9.17) is 21.1 Å². The quantitative estimate of drug-likeness (QED) is 0.488. The van der Waals surface area contributed by atoms with Crippen molar-refractivity contribution < 1.29 is 22.7 Å². The summed E-state index contributed by atoms with van der Waals surface area (Å²) in [6.07, 6.45) is 0.831. The topological polar surface area (TPSA) is 90.2 Å². The molecule has 8 nitrogen and oxygen atoms in total. The van der Waals surface area contributed by atoms with Crippen LogP contribution in [0.5, 0.6) is 11.5 Å². The Morgan fingerprint density at radius 1 is 1.09 bits per heavy atom. The molecular formula is C23H26ClN3O5S2. The Kier molecular flexibility index (Phi) is 7.32. The molecule has 0 bridgehead atoms. The molecule has 0 aliphatic carbocycles. The summed E-state index contributed by atoms with van der Waals surface area (Å²) in [5.74, 6) is 0.798. The molecule has 1 aliphatic rings. The van der Waals surface area contributed by atoms with E-state index in [9.17, 15) is 13.2 Å². The fourth-order valence-electron chi connectivity index (χ4n) is 4.12. The highest BCUT2D eigenvalue weighted by Gasteiger charge is 2.32. The number of benzene rings is 2. The molecule has 1 fully saturated rings. The van der Waals surface area contributed by atoms with Gasteiger partial charge in [-0.25, -0.2) is 8.42 Å². The van der Waals surface area contributed by atoms with Crippen LogP contribution in [-0.2, 0) is 21.4 Å². The Labute approximate surface area is 207 Å². The number of sulfonamides is 1. The molecule has 2 aromatic carbocycles. The Bertz CT molecular complexity index is 1370. The lowest BCUT2D eigenvalue weighted by Gasteiger charge is -2.29. The van der Waals surface area contributed by atoms with Gasteiger partial charge in [0, 0.05) is 30.6 Å². The number of hydrogen-bond donors (Lipinski definition) is 0. The molecule has 1 aliphatic heterocycles. The first-order valence-electron chi connectivity index (χ1n) is 10.9. The number of rotatable bonds is 6. The minimum atomic E-state index is -3.63. The highest BCUT2D eigenvalue weighted by atomic mass is 35.5. The second kappa shape index (κ2) is 10.1. The fraction of sp³-hybridized carbons (Fsp3) is 0.391.